The summed E-state index contributed by atoms with van der Waals surface area (Å²) in [6, 6.07) is 13.5. The number of amides is 1. The van der Waals surface area contributed by atoms with Gasteiger partial charge in [-0.1, -0.05) is 35.1 Å². The van der Waals surface area contributed by atoms with Crippen LogP contribution in [0, 0.1) is 0 Å². The molecule has 1 amide bonds. The van der Waals surface area contributed by atoms with Crippen molar-refractivity contribution in [2.24, 2.45) is 0 Å². The zero-order chi connectivity index (χ0) is 25.8. The molecule has 0 aromatic heterocycles. The molecule has 1 aliphatic rings. The standard InChI is InChI=1S/C28H37IN2O5/c1-20(18-29)30-19-23(16-21-8-13-26-27(17-21)36-15-14-35-26)31-28(33)7-5-3-4-6-25(32)22-9-11-24(34-2)12-10-22/h8-13,17,20,23,30H,3-7,14-16,18-19H2,1-2H3,(H,31,33)/t20?,23-/m0/s1. The van der Waals surface area contributed by atoms with Gasteiger partial charge in [-0.3, -0.25) is 9.59 Å². The monoisotopic (exact) mass is 608 g/mol. The maximum Gasteiger partial charge on any atom is 0.220 e. The normalized spacial score (nSPS) is 14.1. The van der Waals surface area contributed by atoms with E-state index in [0.29, 0.717) is 50.6 Å². The van der Waals surface area contributed by atoms with Gasteiger partial charge >= 0.3 is 0 Å². The molecule has 0 spiro atoms. The molecular formula is C28H37IN2O5. The van der Waals surface area contributed by atoms with Crippen LogP contribution in [0.4, 0.5) is 0 Å². The van der Waals surface area contributed by atoms with Crippen molar-refractivity contribution in [2.75, 3.05) is 31.3 Å². The molecular weight excluding hydrogens is 571 g/mol. The van der Waals surface area contributed by atoms with Crippen molar-refractivity contribution in [3.05, 3.63) is 53.6 Å². The third-order valence-corrected chi connectivity index (χ3v) is 7.44. The number of Topliss-reactive ketones (excluding diaryl/α,β-unsaturated/α-hetero) is 1. The predicted octanol–water partition coefficient (Wildman–Crippen LogP) is 4.74. The molecule has 36 heavy (non-hydrogen) atoms. The molecule has 1 unspecified atom stereocenters. The summed E-state index contributed by atoms with van der Waals surface area (Å²) in [5.74, 6) is 2.44. The van der Waals surface area contributed by atoms with Gasteiger partial charge in [0.2, 0.25) is 5.91 Å². The van der Waals surface area contributed by atoms with Gasteiger partial charge in [-0.15, -0.1) is 0 Å². The molecule has 2 atom stereocenters. The number of rotatable bonds is 15. The number of alkyl halides is 1. The lowest BCUT2D eigenvalue weighted by molar-refractivity contribution is -0.121. The minimum Gasteiger partial charge on any atom is -0.497 e. The van der Waals surface area contributed by atoms with E-state index < -0.39 is 0 Å². The number of fused-ring (bicyclic) bond motifs is 1. The number of benzene rings is 2. The molecule has 7 nitrogen and oxygen atoms in total. The van der Waals surface area contributed by atoms with Gasteiger partial charge in [-0.2, -0.15) is 0 Å². The van der Waals surface area contributed by atoms with Crippen LogP contribution in [0.3, 0.4) is 0 Å². The lowest BCUT2D eigenvalue weighted by Crippen LogP contribution is -2.45. The summed E-state index contributed by atoms with van der Waals surface area (Å²) in [7, 11) is 1.61. The van der Waals surface area contributed by atoms with E-state index in [1.54, 1.807) is 31.4 Å². The summed E-state index contributed by atoms with van der Waals surface area (Å²) in [5.41, 5.74) is 1.80. The first-order chi connectivity index (χ1) is 17.5. The van der Waals surface area contributed by atoms with Gasteiger partial charge in [0, 0.05) is 41.5 Å². The van der Waals surface area contributed by atoms with Gasteiger partial charge in [-0.05, 0) is 68.1 Å². The van der Waals surface area contributed by atoms with E-state index in [2.05, 4.69) is 40.1 Å². The first-order valence-electron chi connectivity index (χ1n) is 12.6. The molecule has 0 radical (unpaired) electrons. The van der Waals surface area contributed by atoms with Crippen molar-refractivity contribution < 1.29 is 23.8 Å². The molecule has 2 N–H and O–H groups in total. The Kier molecular flexibility index (Phi) is 11.8. The van der Waals surface area contributed by atoms with Crippen LogP contribution in [0.5, 0.6) is 17.2 Å². The Bertz CT molecular complexity index is 982. The second-order valence-electron chi connectivity index (χ2n) is 9.12. The molecule has 8 heteroatoms. The molecule has 2 aromatic rings. The molecule has 3 rings (SSSR count). The molecule has 0 saturated carbocycles. The lowest BCUT2D eigenvalue weighted by atomic mass is 10.0. The van der Waals surface area contributed by atoms with Crippen molar-refractivity contribution >= 4 is 34.3 Å². The largest absolute Gasteiger partial charge is 0.497 e. The minimum absolute atomic E-state index is 0.0258. The highest BCUT2D eigenvalue weighted by Gasteiger charge is 2.17. The van der Waals surface area contributed by atoms with E-state index >= 15 is 0 Å². The van der Waals surface area contributed by atoms with Crippen LogP contribution in [0.15, 0.2) is 42.5 Å². The van der Waals surface area contributed by atoms with Gasteiger partial charge < -0.3 is 24.8 Å². The van der Waals surface area contributed by atoms with Crippen LogP contribution in [0.1, 0.15) is 54.9 Å². The van der Waals surface area contributed by atoms with E-state index in [1.807, 2.05) is 18.2 Å². The highest BCUT2D eigenvalue weighted by Crippen LogP contribution is 2.31. The highest BCUT2D eigenvalue weighted by atomic mass is 127. The fourth-order valence-corrected chi connectivity index (χ4v) is 4.35. The molecule has 0 saturated heterocycles. The minimum atomic E-state index is -0.0258. The van der Waals surface area contributed by atoms with Gasteiger partial charge in [0.25, 0.3) is 0 Å². The Morgan fingerprint density at radius 2 is 1.72 bits per heavy atom. The fourth-order valence-electron chi connectivity index (χ4n) is 4.04. The van der Waals surface area contributed by atoms with E-state index in [-0.39, 0.29) is 17.7 Å². The molecule has 196 valence electrons. The number of unbranched alkanes of at least 4 members (excludes halogenated alkanes) is 2. The summed E-state index contributed by atoms with van der Waals surface area (Å²) in [4.78, 5) is 25.1. The van der Waals surface area contributed by atoms with Crippen molar-refractivity contribution in [2.45, 2.75) is 57.5 Å². The quantitative estimate of drug-likeness (QED) is 0.132. The predicted molar refractivity (Wildman–Crippen MR) is 150 cm³/mol. The molecule has 1 heterocycles. The number of methoxy groups -OCH3 is 1. The molecule has 1 aliphatic heterocycles. The Labute approximate surface area is 227 Å². The summed E-state index contributed by atoms with van der Waals surface area (Å²) in [6.45, 7) is 3.96. The van der Waals surface area contributed by atoms with Crippen LogP contribution >= 0.6 is 22.6 Å². The van der Waals surface area contributed by atoms with E-state index in [9.17, 15) is 9.59 Å². The number of ether oxygens (including phenoxy) is 3. The Hall–Kier alpha value is -2.33. The summed E-state index contributed by atoms with van der Waals surface area (Å²) in [5, 5.41) is 6.72. The molecule has 2 aromatic carbocycles. The summed E-state index contributed by atoms with van der Waals surface area (Å²) in [6.07, 6.45) is 4.02. The van der Waals surface area contributed by atoms with Crippen LogP contribution in [0.2, 0.25) is 0 Å². The number of halogens is 1. The van der Waals surface area contributed by atoms with E-state index in [1.165, 1.54) is 0 Å². The Morgan fingerprint density at radius 1 is 1.00 bits per heavy atom. The number of ketones is 1. The molecule has 0 fully saturated rings. The Balaban J connectivity index is 1.43. The van der Waals surface area contributed by atoms with Crippen molar-refractivity contribution in [1.82, 2.24) is 10.6 Å². The second kappa shape index (κ2) is 15.0. The van der Waals surface area contributed by atoms with E-state index in [0.717, 1.165) is 46.5 Å². The lowest BCUT2D eigenvalue weighted by Gasteiger charge is -2.23. The average molecular weight is 609 g/mol. The third kappa shape index (κ3) is 9.28. The maximum absolute atomic E-state index is 12.7. The molecule has 0 aliphatic carbocycles. The van der Waals surface area contributed by atoms with Gasteiger partial charge in [0.15, 0.2) is 17.3 Å². The van der Waals surface area contributed by atoms with Crippen LogP contribution < -0.4 is 24.8 Å². The van der Waals surface area contributed by atoms with Gasteiger partial charge in [-0.25, -0.2) is 0 Å². The second-order valence-corrected chi connectivity index (χ2v) is 10.0. The van der Waals surface area contributed by atoms with Crippen molar-refractivity contribution in [1.29, 1.82) is 0 Å². The number of nitrogens with one attached hydrogen (secondary N) is 2. The number of hydrogen-bond acceptors (Lipinski definition) is 6. The SMILES string of the molecule is COc1ccc(C(=O)CCCCCC(=O)N[C@H](CNC(C)CI)Cc2ccc3c(c2)OCCO3)cc1. The zero-order valence-electron chi connectivity index (χ0n) is 21.2. The Morgan fingerprint density at radius 3 is 2.44 bits per heavy atom. The van der Waals surface area contributed by atoms with Gasteiger partial charge in [0.05, 0.1) is 7.11 Å². The van der Waals surface area contributed by atoms with Crippen LogP contribution in [-0.2, 0) is 11.2 Å². The zero-order valence-corrected chi connectivity index (χ0v) is 23.3. The number of hydrogen-bond donors (Lipinski definition) is 2. The number of carbonyl (C=O) groups is 2. The first kappa shape index (κ1) is 28.2. The van der Waals surface area contributed by atoms with Crippen molar-refractivity contribution in [3.8, 4) is 17.2 Å². The fraction of sp³-hybridized carbons (Fsp3) is 0.500. The maximum atomic E-state index is 12.7. The van der Waals surface area contributed by atoms with Crippen LogP contribution in [-0.4, -0.2) is 55.1 Å². The molecule has 0 bridgehead atoms. The average Bonchev–Trinajstić information content (AvgIpc) is 2.91. The third-order valence-electron chi connectivity index (χ3n) is 6.12. The van der Waals surface area contributed by atoms with Gasteiger partial charge in [0.1, 0.15) is 19.0 Å². The van der Waals surface area contributed by atoms with Crippen molar-refractivity contribution in [3.63, 3.8) is 0 Å². The summed E-state index contributed by atoms with van der Waals surface area (Å²) < 4.78 is 17.5. The van der Waals surface area contributed by atoms with E-state index in [4.69, 9.17) is 14.2 Å². The number of carbonyl (C=O) groups excluding carboxylic acids is 2. The first-order valence-corrected chi connectivity index (χ1v) is 14.2. The topological polar surface area (TPSA) is 85.9 Å². The highest BCUT2D eigenvalue weighted by molar-refractivity contribution is 14.1. The van der Waals surface area contributed by atoms with Crippen LogP contribution in [0.25, 0.3) is 0 Å². The smallest absolute Gasteiger partial charge is 0.220 e. The summed E-state index contributed by atoms with van der Waals surface area (Å²) >= 11 is 2.36.